The number of carbonyl (C=O) groups is 1. The third kappa shape index (κ3) is 3.52. The number of hydrogen-bond donors (Lipinski definition) is 0. The smallest absolute Gasteiger partial charge is 0.254 e. The Labute approximate surface area is 170 Å². The molecule has 1 atom stereocenters. The zero-order valence-electron chi connectivity index (χ0n) is 16.9. The summed E-state index contributed by atoms with van der Waals surface area (Å²) >= 11 is 0. The average molecular weight is 399 g/mol. The lowest BCUT2D eigenvalue weighted by atomic mass is 10.0. The van der Waals surface area contributed by atoms with E-state index < -0.39 is 0 Å². The number of nitrogens with zero attached hydrogens (tertiary/aromatic N) is 1. The first-order chi connectivity index (χ1) is 14.2. The van der Waals surface area contributed by atoms with Crippen molar-refractivity contribution in [3.8, 4) is 28.7 Å². The minimum Gasteiger partial charge on any atom is -0.497 e. The van der Waals surface area contributed by atoms with Crippen LogP contribution < -0.4 is 23.7 Å². The van der Waals surface area contributed by atoms with Gasteiger partial charge in [-0.25, -0.2) is 0 Å². The summed E-state index contributed by atoms with van der Waals surface area (Å²) in [4.78, 5) is 15.3. The van der Waals surface area contributed by atoms with Crippen LogP contribution in [-0.4, -0.2) is 51.9 Å². The van der Waals surface area contributed by atoms with Crippen LogP contribution in [0.3, 0.4) is 0 Å². The van der Waals surface area contributed by atoms with Crippen molar-refractivity contribution >= 4 is 5.91 Å². The normalized spacial score (nSPS) is 17.8. The van der Waals surface area contributed by atoms with Crippen molar-refractivity contribution in [2.75, 3.05) is 41.1 Å². The number of methoxy groups -OCH3 is 3. The Morgan fingerprint density at radius 1 is 1.00 bits per heavy atom. The summed E-state index contributed by atoms with van der Waals surface area (Å²) in [6.45, 7) is 1.58. The van der Waals surface area contributed by atoms with Gasteiger partial charge >= 0.3 is 0 Å². The second kappa shape index (κ2) is 8.11. The molecule has 0 saturated carbocycles. The standard InChI is InChI=1S/C22H25NO6/c1-25-15-6-7-16(18(13-15)26-2)17-5-4-8-23(17)22(24)14-11-19(27-3)21-20(12-14)28-9-10-29-21/h6-7,11-13,17H,4-5,8-10H2,1-3H3. The number of benzene rings is 2. The van der Waals surface area contributed by atoms with E-state index >= 15 is 0 Å². The molecular formula is C22H25NO6. The molecule has 0 aromatic heterocycles. The lowest BCUT2D eigenvalue weighted by Crippen LogP contribution is -2.31. The molecule has 1 amide bonds. The summed E-state index contributed by atoms with van der Waals surface area (Å²) in [6, 6.07) is 9.10. The highest BCUT2D eigenvalue weighted by Gasteiger charge is 2.33. The Bertz CT molecular complexity index is 895. The lowest BCUT2D eigenvalue weighted by molar-refractivity contribution is 0.0732. The Morgan fingerprint density at radius 2 is 1.79 bits per heavy atom. The number of ether oxygens (including phenoxy) is 5. The van der Waals surface area contributed by atoms with Crippen molar-refractivity contribution in [3.63, 3.8) is 0 Å². The molecule has 2 aliphatic rings. The molecule has 29 heavy (non-hydrogen) atoms. The molecule has 7 nitrogen and oxygen atoms in total. The molecule has 2 heterocycles. The topological polar surface area (TPSA) is 66.5 Å². The van der Waals surface area contributed by atoms with Gasteiger partial charge in [-0.2, -0.15) is 0 Å². The van der Waals surface area contributed by atoms with Crippen molar-refractivity contribution in [2.24, 2.45) is 0 Å². The molecule has 0 radical (unpaired) electrons. The van der Waals surface area contributed by atoms with Crippen LogP contribution in [0.4, 0.5) is 0 Å². The van der Waals surface area contributed by atoms with Crippen LogP contribution in [0.5, 0.6) is 28.7 Å². The van der Waals surface area contributed by atoms with Gasteiger partial charge in [-0.15, -0.1) is 0 Å². The van der Waals surface area contributed by atoms with Crippen LogP contribution in [0, 0.1) is 0 Å². The zero-order valence-corrected chi connectivity index (χ0v) is 16.9. The number of amides is 1. The predicted octanol–water partition coefficient (Wildman–Crippen LogP) is 3.46. The summed E-state index contributed by atoms with van der Waals surface area (Å²) in [5.41, 5.74) is 1.49. The lowest BCUT2D eigenvalue weighted by Gasteiger charge is -2.27. The van der Waals surface area contributed by atoms with Crippen molar-refractivity contribution in [3.05, 3.63) is 41.5 Å². The Hall–Kier alpha value is -3.09. The van der Waals surface area contributed by atoms with E-state index in [1.807, 2.05) is 23.1 Å². The summed E-state index contributed by atoms with van der Waals surface area (Å²) < 4.78 is 27.6. The van der Waals surface area contributed by atoms with Crippen LogP contribution in [0.2, 0.25) is 0 Å². The van der Waals surface area contributed by atoms with Crippen LogP contribution >= 0.6 is 0 Å². The Morgan fingerprint density at radius 3 is 2.55 bits per heavy atom. The van der Waals surface area contributed by atoms with Crippen molar-refractivity contribution < 1.29 is 28.5 Å². The van der Waals surface area contributed by atoms with Gasteiger partial charge in [-0.3, -0.25) is 4.79 Å². The third-order valence-corrected chi connectivity index (χ3v) is 5.39. The molecule has 0 aliphatic carbocycles. The number of hydrogen-bond acceptors (Lipinski definition) is 6. The van der Waals surface area contributed by atoms with Crippen molar-refractivity contribution in [2.45, 2.75) is 18.9 Å². The van der Waals surface area contributed by atoms with Gasteiger partial charge in [0.1, 0.15) is 24.7 Å². The quantitative estimate of drug-likeness (QED) is 0.767. The molecule has 0 spiro atoms. The van der Waals surface area contributed by atoms with E-state index in [4.69, 9.17) is 23.7 Å². The van der Waals surface area contributed by atoms with Gasteiger partial charge < -0.3 is 28.6 Å². The minimum absolute atomic E-state index is 0.0671. The monoisotopic (exact) mass is 399 g/mol. The fourth-order valence-corrected chi connectivity index (χ4v) is 3.99. The molecule has 2 aromatic carbocycles. The van der Waals surface area contributed by atoms with Crippen LogP contribution in [-0.2, 0) is 0 Å². The van der Waals surface area contributed by atoms with E-state index in [-0.39, 0.29) is 11.9 Å². The first-order valence-electron chi connectivity index (χ1n) is 9.66. The first-order valence-corrected chi connectivity index (χ1v) is 9.66. The Kier molecular flexibility index (Phi) is 5.38. The Balaban J connectivity index is 1.67. The molecule has 0 bridgehead atoms. The maximum atomic E-state index is 13.4. The molecular weight excluding hydrogens is 374 g/mol. The van der Waals surface area contributed by atoms with Crippen LogP contribution in [0.15, 0.2) is 30.3 Å². The van der Waals surface area contributed by atoms with E-state index in [9.17, 15) is 4.79 Å². The number of likely N-dealkylation sites (tertiary alicyclic amines) is 1. The van der Waals surface area contributed by atoms with Crippen molar-refractivity contribution in [1.82, 2.24) is 4.90 Å². The van der Waals surface area contributed by atoms with Gasteiger partial charge in [0.2, 0.25) is 5.75 Å². The van der Waals surface area contributed by atoms with E-state index in [1.165, 1.54) is 0 Å². The van der Waals surface area contributed by atoms with Gasteiger partial charge in [0.15, 0.2) is 11.5 Å². The molecule has 2 aliphatic heterocycles. The van der Waals surface area contributed by atoms with E-state index in [1.54, 1.807) is 33.5 Å². The fourth-order valence-electron chi connectivity index (χ4n) is 3.99. The van der Waals surface area contributed by atoms with Crippen LogP contribution in [0.1, 0.15) is 34.8 Å². The van der Waals surface area contributed by atoms with Gasteiger partial charge in [0.05, 0.1) is 27.4 Å². The van der Waals surface area contributed by atoms with E-state index in [2.05, 4.69) is 0 Å². The van der Waals surface area contributed by atoms with Gasteiger partial charge in [0.25, 0.3) is 5.91 Å². The summed E-state index contributed by atoms with van der Waals surface area (Å²) in [5.74, 6) is 2.96. The second-order valence-electron chi connectivity index (χ2n) is 6.97. The van der Waals surface area contributed by atoms with Crippen molar-refractivity contribution in [1.29, 1.82) is 0 Å². The van der Waals surface area contributed by atoms with Gasteiger partial charge in [-0.1, -0.05) is 0 Å². The zero-order chi connectivity index (χ0) is 20.4. The van der Waals surface area contributed by atoms with Gasteiger partial charge in [0, 0.05) is 23.7 Å². The summed E-state index contributed by atoms with van der Waals surface area (Å²) in [7, 11) is 4.81. The third-order valence-electron chi connectivity index (χ3n) is 5.39. The molecule has 1 unspecified atom stereocenters. The maximum absolute atomic E-state index is 13.4. The number of fused-ring (bicyclic) bond motifs is 1. The molecule has 2 aromatic rings. The second-order valence-corrected chi connectivity index (χ2v) is 6.97. The molecule has 1 fully saturated rings. The minimum atomic E-state index is -0.0688. The van der Waals surface area contributed by atoms with E-state index in [0.29, 0.717) is 48.3 Å². The molecule has 0 N–H and O–H groups in total. The van der Waals surface area contributed by atoms with Crippen LogP contribution in [0.25, 0.3) is 0 Å². The highest BCUT2D eigenvalue weighted by atomic mass is 16.6. The van der Waals surface area contributed by atoms with E-state index in [0.717, 1.165) is 24.2 Å². The molecule has 154 valence electrons. The molecule has 7 heteroatoms. The summed E-state index contributed by atoms with van der Waals surface area (Å²) in [5, 5.41) is 0. The first kappa shape index (κ1) is 19.2. The highest BCUT2D eigenvalue weighted by Crippen LogP contribution is 2.43. The number of carbonyl (C=O) groups excluding carboxylic acids is 1. The summed E-state index contributed by atoms with van der Waals surface area (Å²) in [6.07, 6.45) is 1.80. The predicted molar refractivity (Wildman–Crippen MR) is 107 cm³/mol. The number of rotatable bonds is 5. The SMILES string of the molecule is COc1ccc(C2CCCN2C(=O)c2cc(OC)c3c(c2)OCCO3)c(OC)c1. The fraction of sp³-hybridized carbons (Fsp3) is 0.409. The maximum Gasteiger partial charge on any atom is 0.254 e. The molecule has 1 saturated heterocycles. The highest BCUT2D eigenvalue weighted by molar-refractivity contribution is 5.96. The van der Waals surface area contributed by atoms with Gasteiger partial charge in [-0.05, 0) is 37.1 Å². The average Bonchev–Trinajstić information content (AvgIpc) is 3.26. The molecule has 4 rings (SSSR count). The largest absolute Gasteiger partial charge is 0.497 e.